The summed E-state index contributed by atoms with van der Waals surface area (Å²) >= 11 is 0. The number of carbonyl (C=O) groups excluding carboxylic acids is 2. The number of rotatable bonds is 6. The Kier molecular flexibility index (Phi) is 6.74. The number of ether oxygens (including phenoxy) is 1. The van der Waals surface area contributed by atoms with E-state index in [-0.39, 0.29) is 16.0 Å². The van der Waals surface area contributed by atoms with Crippen LogP contribution >= 0.6 is 0 Å². The predicted octanol–water partition coefficient (Wildman–Crippen LogP) is 2.43. The summed E-state index contributed by atoms with van der Waals surface area (Å²) in [4.78, 5) is 24.1. The number of carbonyl (C=O) groups is 2. The standard InChI is InChI=1S/C20H21N3O5S/c1-20(2,3)23-29(26,27)16-9-6-8-14(11-16)19(25)28-13-18(24)22-17-10-5-4-7-15(17)12-21/h4-11,23H,13H2,1-3H3,(H,22,24). The number of hydrogen-bond donors (Lipinski definition) is 2. The number of benzene rings is 2. The Morgan fingerprint density at radius 1 is 1.10 bits per heavy atom. The van der Waals surface area contributed by atoms with Crippen molar-refractivity contribution in [1.29, 1.82) is 5.26 Å². The maximum atomic E-state index is 12.4. The van der Waals surface area contributed by atoms with Gasteiger partial charge in [0.05, 0.1) is 21.7 Å². The molecule has 0 fully saturated rings. The molecule has 0 saturated heterocycles. The molecule has 152 valence electrons. The number of para-hydroxylation sites is 1. The highest BCUT2D eigenvalue weighted by Gasteiger charge is 2.23. The second kappa shape index (κ2) is 8.86. The van der Waals surface area contributed by atoms with Crippen molar-refractivity contribution in [2.75, 3.05) is 11.9 Å². The number of anilines is 1. The van der Waals surface area contributed by atoms with Gasteiger partial charge >= 0.3 is 5.97 Å². The van der Waals surface area contributed by atoms with Crippen molar-refractivity contribution in [3.05, 3.63) is 59.7 Å². The summed E-state index contributed by atoms with van der Waals surface area (Å²) in [5.74, 6) is -1.47. The van der Waals surface area contributed by atoms with Crippen LogP contribution in [0.4, 0.5) is 5.69 Å². The van der Waals surface area contributed by atoms with Gasteiger partial charge in [0.2, 0.25) is 10.0 Å². The van der Waals surface area contributed by atoms with Crippen LogP contribution in [0.25, 0.3) is 0 Å². The lowest BCUT2D eigenvalue weighted by Gasteiger charge is -2.20. The number of nitriles is 1. The molecule has 0 saturated carbocycles. The fourth-order valence-corrected chi connectivity index (χ4v) is 3.81. The Labute approximate surface area is 169 Å². The van der Waals surface area contributed by atoms with Gasteiger partial charge in [-0.3, -0.25) is 4.79 Å². The van der Waals surface area contributed by atoms with Crippen LogP contribution in [0, 0.1) is 11.3 Å². The van der Waals surface area contributed by atoms with Gasteiger partial charge in [0.25, 0.3) is 5.91 Å². The van der Waals surface area contributed by atoms with Crippen LogP contribution in [0.2, 0.25) is 0 Å². The molecule has 0 radical (unpaired) electrons. The molecular weight excluding hydrogens is 394 g/mol. The van der Waals surface area contributed by atoms with Crippen molar-refractivity contribution in [2.45, 2.75) is 31.2 Å². The minimum Gasteiger partial charge on any atom is -0.452 e. The molecule has 2 aromatic carbocycles. The molecule has 29 heavy (non-hydrogen) atoms. The van der Waals surface area contributed by atoms with Crippen LogP contribution in [0.5, 0.6) is 0 Å². The van der Waals surface area contributed by atoms with Crippen LogP contribution in [0.15, 0.2) is 53.4 Å². The summed E-state index contributed by atoms with van der Waals surface area (Å²) in [6, 6.07) is 13.7. The van der Waals surface area contributed by atoms with E-state index in [0.717, 1.165) is 0 Å². The van der Waals surface area contributed by atoms with Crippen LogP contribution in [0.3, 0.4) is 0 Å². The number of nitrogens with zero attached hydrogens (tertiary/aromatic N) is 1. The molecule has 2 rings (SSSR count). The van der Waals surface area contributed by atoms with Crippen molar-refractivity contribution >= 4 is 27.6 Å². The summed E-state index contributed by atoms with van der Waals surface area (Å²) in [6.07, 6.45) is 0. The summed E-state index contributed by atoms with van der Waals surface area (Å²) < 4.78 is 32.2. The molecule has 0 heterocycles. The first-order valence-electron chi connectivity index (χ1n) is 8.62. The Hall–Kier alpha value is -3.22. The molecule has 0 unspecified atom stereocenters. The fourth-order valence-electron chi connectivity index (χ4n) is 2.34. The molecule has 0 atom stereocenters. The van der Waals surface area contributed by atoms with Crippen molar-refractivity contribution in [3.63, 3.8) is 0 Å². The molecule has 0 aromatic heterocycles. The first-order valence-corrected chi connectivity index (χ1v) is 10.1. The number of esters is 1. The molecule has 1 amide bonds. The molecule has 2 N–H and O–H groups in total. The monoisotopic (exact) mass is 415 g/mol. The zero-order valence-corrected chi connectivity index (χ0v) is 17.0. The van der Waals surface area contributed by atoms with Gasteiger partial charge in [0.15, 0.2) is 6.61 Å². The molecule has 2 aromatic rings. The van der Waals surface area contributed by atoms with Gasteiger partial charge < -0.3 is 10.1 Å². The Morgan fingerprint density at radius 2 is 1.79 bits per heavy atom. The second-order valence-electron chi connectivity index (χ2n) is 7.17. The third-order valence-corrected chi connectivity index (χ3v) is 5.23. The Morgan fingerprint density at radius 3 is 2.45 bits per heavy atom. The summed E-state index contributed by atoms with van der Waals surface area (Å²) in [6.45, 7) is 4.51. The summed E-state index contributed by atoms with van der Waals surface area (Å²) in [5, 5.41) is 11.5. The van der Waals surface area contributed by atoms with Crippen molar-refractivity contribution in [2.24, 2.45) is 0 Å². The van der Waals surface area contributed by atoms with Gasteiger partial charge in [-0.25, -0.2) is 17.9 Å². The van der Waals surface area contributed by atoms with E-state index in [9.17, 15) is 18.0 Å². The zero-order chi connectivity index (χ0) is 21.7. The summed E-state index contributed by atoms with van der Waals surface area (Å²) in [5.41, 5.74) is -0.117. The third-order valence-electron chi connectivity index (χ3n) is 3.48. The van der Waals surface area contributed by atoms with E-state index in [2.05, 4.69) is 10.0 Å². The van der Waals surface area contributed by atoms with E-state index in [1.165, 1.54) is 24.3 Å². The minimum atomic E-state index is -3.82. The molecular formula is C20H21N3O5S. The maximum absolute atomic E-state index is 12.4. The topological polar surface area (TPSA) is 125 Å². The minimum absolute atomic E-state index is 0.00740. The highest BCUT2D eigenvalue weighted by atomic mass is 32.2. The number of amides is 1. The van der Waals surface area contributed by atoms with Crippen molar-refractivity contribution < 1.29 is 22.7 Å². The molecule has 0 aliphatic carbocycles. The van der Waals surface area contributed by atoms with Crippen LogP contribution in [-0.2, 0) is 19.6 Å². The highest BCUT2D eigenvalue weighted by Crippen LogP contribution is 2.16. The quantitative estimate of drug-likeness (QED) is 0.698. The largest absolute Gasteiger partial charge is 0.452 e. The van der Waals surface area contributed by atoms with Gasteiger partial charge in [0.1, 0.15) is 6.07 Å². The van der Waals surface area contributed by atoms with E-state index in [4.69, 9.17) is 10.00 Å². The lowest BCUT2D eigenvalue weighted by atomic mass is 10.1. The number of nitrogens with one attached hydrogen (secondary N) is 2. The molecule has 9 heteroatoms. The number of hydrogen-bond acceptors (Lipinski definition) is 6. The van der Waals surface area contributed by atoms with Crippen LogP contribution in [-0.4, -0.2) is 32.4 Å². The van der Waals surface area contributed by atoms with Gasteiger partial charge in [-0.15, -0.1) is 0 Å². The molecule has 0 aliphatic rings. The third kappa shape index (κ3) is 6.41. The second-order valence-corrected chi connectivity index (χ2v) is 8.85. The number of sulfonamides is 1. The van der Waals surface area contributed by atoms with Gasteiger partial charge in [-0.2, -0.15) is 5.26 Å². The molecule has 0 bridgehead atoms. The van der Waals surface area contributed by atoms with Crippen molar-refractivity contribution in [3.8, 4) is 6.07 Å². The van der Waals surface area contributed by atoms with Crippen molar-refractivity contribution in [1.82, 2.24) is 4.72 Å². The van der Waals surface area contributed by atoms with E-state index in [1.54, 1.807) is 45.0 Å². The average molecular weight is 415 g/mol. The van der Waals surface area contributed by atoms with E-state index >= 15 is 0 Å². The SMILES string of the molecule is CC(C)(C)NS(=O)(=O)c1cccc(C(=O)OCC(=O)Nc2ccccc2C#N)c1. The van der Waals surface area contributed by atoms with Gasteiger partial charge in [-0.1, -0.05) is 18.2 Å². The normalized spacial score (nSPS) is 11.4. The lowest BCUT2D eigenvalue weighted by Crippen LogP contribution is -2.40. The van der Waals surface area contributed by atoms with Gasteiger partial charge in [0, 0.05) is 5.54 Å². The van der Waals surface area contributed by atoms with Crippen LogP contribution < -0.4 is 10.0 Å². The molecule has 0 spiro atoms. The first-order chi connectivity index (χ1) is 13.5. The Bertz CT molecular complexity index is 1070. The smallest absolute Gasteiger partial charge is 0.338 e. The maximum Gasteiger partial charge on any atom is 0.338 e. The van der Waals surface area contributed by atoms with E-state index in [0.29, 0.717) is 5.69 Å². The highest BCUT2D eigenvalue weighted by molar-refractivity contribution is 7.89. The molecule has 8 nitrogen and oxygen atoms in total. The summed E-state index contributed by atoms with van der Waals surface area (Å²) in [7, 11) is -3.82. The predicted molar refractivity (Wildman–Crippen MR) is 107 cm³/mol. The molecule has 0 aliphatic heterocycles. The Balaban J connectivity index is 2.04. The zero-order valence-electron chi connectivity index (χ0n) is 16.2. The van der Waals surface area contributed by atoms with Crippen LogP contribution in [0.1, 0.15) is 36.7 Å². The average Bonchev–Trinajstić information content (AvgIpc) is 2.65. The van der Waals surface area contributed by atoms with E-state index < -0.39 is 34.0 Å². The fraction of sp³-hybridized carbons (Fsp3) is 0.250. The lowest BCUT2D eigenvalue weighted by molar-refractivity contribution is -0.119. The first kappa shape index (κ1) is 22.1. The van der Waals surface area contributed by atoms with Gasteiger partial charge in [-0.05, 0) is 51.1 Å². The van der Waals surface area contributed by atoms with E-state index in [1.807, 2.05) is 6.07 Å².